The van der Waals surface area contributed by atoms with Gasteiger partial charge in [-0.3, -0.25) is 0 Å². The highest BCUT2D eigenvalue weighted by molar-refractivity contribution is 7.71. The fourth-order valence-electron chi connectivity index (χ4n) is 0.955. The Morgan fingerprint density at radius 2 is 2.06 bits per heavy atom. The second kappa shape index (κ2) is 3.67. The Labute approximate surface area is 91.3 Å². The SMILES string of the molecule is FC(F)(F)c1ccnc(-c2nc(=S)o[nH]2)n1. The van der Waals surface area contributed by atoms with Crippen LogP contribution in [0.25, 0.3) is 11.6 Å². The van der Waals surface area contributed by atoms with Crippen molar-refractivity contribution in [2.45, 2.75) is 6.18 Å². The number of nitrogens with zero attached hydrogens (tertiary/aromatic N) is 3. The molecule has 0 aliphatic rings. The molecule has 0 aliphatic carbocycles. The number of nitrogens with one attached hydrogen (secondary N) is 1. The molecule has 2 rings (SSSR count). The van der Waals surface area contributed by atoms with E-state index in [9.17, 15) is 13.2 Å². The Morgan fingerprint density at radius 1 is 1.31 bits per heavy atom. The van der Waals surface area contributed by atoms with Crippen molar-refractivity contribution in [2.24, 2.45) is 0 Å². The standard InChI is InChI=1S/C7H3F3N4OS/c8-7(9,10)3-1-2-11-4(12-3)5-13-6(16)15-14-5/h1-2H,(H,13,14,16). The minimum Gasteiger partial charge on any atom is -0.348 e. The molecule has 1 N–H and O–H groups in total. The van der Waals surface area contributed by atoms with E-state index >= 15 is 0 Å². The van der Waals surface area contributed by atoms with E-state index in [0.29, 0.717) is 0 Å². The van der Waals surface area contributed by atoms with Gasteiger partial charge in [-0.25, -0.2) is 9.97 Å². The molecule has 0 aromatic carbocycles. The van der Waals surface area contributed by atoms with Gasteiger partial charge in [0.2, 0.25) is 5.82 Å². The summed E-state index contributed by atoms with van der Waals surface area (Å²) in [5.74, 6) is -0.272. The summed E-state index contributed by atoms with van der Waals surface area (Å²) in [5, 5.41) is 2.22. The normalized spacial score (nSPS) is 11.7. The van der Waals surface area contributed by atoms with E-state index in [0.717, 1.165) is 12.3 Å². The van der Waals surface area contributed by atoms with Crippen molar-refractivity contribution in [3.63, 3.8) is 0 Å². The summed E-state index contributed by atoms with van der Waals surface area (Å²) in [5.41, 5.74) is -1.06. The number of alkyl halides is 3. The number of hydrogen-bond acceptors (Lipinski definition) is 5. The minimum atomic E-state index is -4.53. The first-order chi connectivity index (χ1) is 7.47. The summed E-state index contributed by atoms with van der Waals surface area (Å²) >= 11 is 4.55. The molecule has 16 heavy (non-hydrogen) atoms. The van der Waals surface area contributed by atoms with Gasteiger partial charge >= 0.3 is 11.0 Å². The van der Waals surface area contributed by atoms with Crippen LogP contribution in [0.2, 0.25) is 0 Å². The molecule has 2 heterocycles. The number of hydrogen-bond donors (Lipinski definition) is 1. The monoisotopic (exact) mass is 248 g/mol. The van der Waals surface area contributed by atoms with E-state index in [4.69, 9.17) is 0 Å². The lowest BCUT2D eigenvalue weighted by Crippen LogP contribution is -2.09. The lowest BCUT2D eigenvalue weighted by molar-refractivity contribution is -0.141. The van der Waals surface area contributed by atoms with Crippen molar-refractivity contribution in [3.05, 3.63) is 22.8 Å². The third kappa shape index (κ3) is 2.08. The van der Waals surface area contributed by atoms with E-state index in [1.54, 1.807) is 0 Å². The molecule has 0 radical (unpaired) electrons. The summed E-state index contributed by atoms with van der Waals surface area (Å²) in [7, 11) is 0. The number of rotatable bonds is 1. The number of H-pyrrole nitrogens is 1. The van der Waals surface area contributed by atoms with E-state index in [1.807, 2.05) is 0 Å². The van der Waals surface area contributed by atoms with Gasteiger partial charge in [0, 0.05) is 6.20 Å². The van der Waals surface area contributed by atoms with Crippen LogP contribution in [0.3, 0.4) is 0 Å². The Hall–Kier alpha value is -1.77. The quantitative estimate of drug-likeness (QED) is 0.783. The summed E-state index contributed by atoms with van der Waals surface area (Å²) < 4.78 is 41.5. The van der Waals surface area contributed by atoms with Crippen LogP contribution in [-0.2, 0) is 6.18 Å². The molecule has 2 aromatic heterocycles. The van der Waals surface area contributed by atoms with Crippen LogP contribution in [0.4, 0.5) is 13.2 Å². The van der Waals surface area contributed by atoms with Gasteiger partial charge in [-0.1, -0.05) is 0 Å². The van der Waals surface area contributed by atoms with E-state index in [1.165, 1.54) is 0 Å². The largest absolute Gasteiger partial charge is 0.433 e. The summed E-state index contributed by atoms with van der Waals surface area (Å²) in [6.07, 6.45) is -3.55. The van der Waals surface area contributed by atoms with Crippen molar-refractivity contribution in [1.82, 2.24) is 20.1 Å². The predicted molar refractivity (Wildman–Crippen MR) is 47.7 cm³/mol. The lowest BCUT2D eigenvalue weighted by atomic mass is 10.4. The minimum absolute atomic E-state index is 0.0453. The maximum absolute atomic E-state index is 12.3. The molecular formula is C7H3F3N4OS. The molecular weight excluding hydrogens is 245 g/mol. The molecule has 0 spiro atoms. The van der Waals surface area contributed by atoms with Crippen LogP contribution >= 0.6 is 12.2 Å². The van der Waals surface area contributed by atoms with Crippen molar-refractivity contribution in [3.8, 4) is 11.6 Å². The third-order valence-electron chi connectivity index (χ3n) is 1.60. The van der Waals surface area contributed by atoms with Gasteiger partial charge < -0.3 is 4.52 Å². The topological polar surface area (TPSA) is 67.6 Å². The fraction of sp³-hybridized carbons (Fsp3) is 0.143. The highest BCUT2D eigenvalue weighted by Gasteiger charge is 2.33. The summed E-state index contributed by atoms with van der Waals surface area (Å²) in [6, 6.07) is 0.762. The number of aromatic nitrogens is 4. The summed E-state index contributed by atoms with van der Waals surface area (Å²) in [6.45, 7) is 0. The lowest BCUT2D eigenvalue weighted by Gasteiger charge is -2.04. The van der Waals surface area contributed by atoms with Crippen molar-refractivity contribution in [2.75, 3.05) is 0 Å². The average Bonchev–Trinajstić information content (AvgIpc) is 2.64. The molecule has 0 bridgehead atoms. The molecule has 0 saturated carbocycles. The predicted octanol–water partition coefficient (Wildman–Crippen LogP) is 2.21. The second-order valence-electron chi connectivity index (χ2n) is 2.69. The van der Waals surface area contributed by atoms with Crippen LogP contribution in [0.1, 0.15) is 5.69 Å². The fourth-order valence-corrected chi connectivity index (χ4v) is 1.09. The first kappa shape index (κ1) is 10.7. The first-order valence-electron chi connectivity index (χ1n) is 3.93. The highest BCUT2D eigenvalue weighted by atomic mass is 32.1. The van der Waals surface area contributed by atoms with Gasteiger partial charge in [0.05, 0.1) is 0 Å². The number of aromatic amines is 1. The van der Waals surface area contributed by atoms with Gasteiger partial charge in [-0.05, 0) is 18.3 Å². The van der Waals surface area contributed by atoms with Gasteiger partial charge in [-0.15, -0.1) is 0 Å². The molecule has 0 atom stereocenters. The molecule has 2 aromatic rings. The molecule has 0 saturated heterocycles. The molecule has 0 amide bonds. The van der Waals surface area contributed by atoms with Crippen LogP contribution < -0.4 is 0 Å². The van der Waals surface area contributed by atoms with Crippen LogP contribution in [0.5, 0.6) is 0 Å². The van der Waals surface area contributed by atoms with E-state index in [2.05, 4.69) is 36.8 Å². The Balaban J connectivity index is 2.48. The van der Waals surface area contributed by atoms with Gasteiger partial charge in [0.1, 0.15) is 5.69 Å². The molecule has 84 valence electrons. The molecule has 0 aliphatic heterocycles. The van der Waals surface area contributed by atoms with Gasteiger partial charge in [0.25, 0.3) is 0 Å². The highest BCUT2D eigenvalue weighted by Crippen LogP contribution is 2.27. The van der Waals surface area contributed by atoms with Crippen molar-refractivity contribution < 1.29 is 17.7 Å². The Morgan fingerprint density at radius 3 is 2.62 bits per heavy atom. The third-order valence-corrected chi connectivity index (χ3v) is 1.77. The molecule has 5 nitrogen and oxygen atoms in total. The van der Waals surface area contributed by atoms with Crippen molar-refractivity contribution in [1.29, 1.82) is 0 Å². The maximum Gasteiger partial charge on any atom is 0.433 e. The summed E-state index contributed by atoms with van der Waals surface area (Å²) in [4.78, 5) is 10.4. The zero-order valence-corrected chi connectivity index (χ0v) is 8.26. The molecule has 0 fully saturated rings. The van der Waals surface area contributed by atoms with Crippen molar-refractivity contribution >= 4 is 12.2 Å². The van der Waals surface area contributed by atoms with Crippen LogP contribution in [0.15, 0.2) is 16.8 Å². The zero-order valence-electron chi connectivity index (χ0n) is 7.45. The van der Waals surface area contributed by atoms with Gasteiger partial charge in [0.15, 0.2) is 5.82 Å². The van der Waals surface area contributed by atoms with E-state index < -0.39 is 11.9 Å². The second-order valence-corrected chi connectivity index (χ2v) is 3.04. The molecule has 0 unspecified atom stereocenters. The van der Waals surface area contributed by atoms with Gasteiger partial charge in [-0.2, -0.15) is 23.3 Å². The Bertz CT molecular complexity index is 561. The van der Waals surface area contributed by atoms with Crippen LogP contribution in [0, 0.1) is 4.84 Å². The molecule has 9 heteroatoms. The van der Waals surface area contributed by atoms with Crippen LogP contribution in [-0.4, -0.2) is 20.1 Å². The first-order valence-corrected chi connectivity index (χ1v) is 4.34. The maximum atomic E-state index is 12.3. The smallest absolute Gasteiger partial charge is 0.348 e. The average molecular weight is 248 g/mol. The van der Waals surface area contributed by atoms with E-state index in [-0.39, 0.29) is 16.5 Å². The Kier molecular flexibility index (Phi) is 2.46. The number of halogens is 3. The zero-order chi connectivity index (χ0) is 11.8.